The van der Waals surface area contributed by atoms with E-state index in [0.29, 0.717) is 35.4 Å². The van der Waals surface area contributed by atoms with Crippen molar-refractivity contribution in [2.24, 2.45) is 11.8 Å². The number of benzene rings is 2. The normalized spacial score (nSPS) is 26.6. The maximum absolute atomic E-state index is 13.5. The molecule has 2 amide bonds. The first kappa shape index (κ1) is 19.9. The van der Waals surface area contributed by atoms with Gasteiger partial charge in [0, 0.05) is 18.2 Å². The molecule has 3 aliphatic rings. The molecule has 1 N–H and O–H groups in total. The summed E-state index contributed by atoms with van der Waals surface area (Å²) in [6.45, 7) is 5.00. The van der Waals surface area contributed by atoms with Crippen LogP contribution in [0.2, 0.25) is 0 Å². The molecular weight excluding hydrogens is 392 g/mol. The highest BCUT2D eigenvalue weighted by Gasteiger charge is 2.42. The summed E-state index contributed by atoms with van der Waals surface area (Å²) in [5.74, 6) is 2.18. The van der Waals surface area contributed by atoms with Crippen molar-refractivity contribution >= 4 is 11.8 Å². The Morgan fingerprint density at radius 2 is 1.90 bits per heavy atom. The Bertz CT molecular complexity index is 1020. The van der Waals surface area contributed by atoms with Gasteiger partial charge in [0.25, 0.3) is 5.91 Å². The number of carbonyl (C=O) groups is 2. The number of amides is 2. The highest BCUT2D eigenvalue weighted by Crippen LogP contribution is 2.38. The van der Waals surface area contributed by atoms with Crippen molar-refractivity contribution in [3.05, 3.63) is 59.2 Å². The Labute approximate surface area is 182 Å². The topological polar surface area (TPSA) is 67.9 Å². The minimum absolute atomic E-state index is 0.0926. The second-order valence-electron chi connectivity index (χ2n) is 8.99. The second-order valence-corrected chi connectivity index (χ2v) is 8.99. The fourth-order valence-corrected chi connectivity index (χ4v) is 5.10. The van der Waals surface area contributed by atoms with Crippen LogP contribution in [0.25, 0.3) is 0 Å². The molecule has 4 unspecified atom stereocenters. The first-order valence-corrected chi connectivity index (χ1v) is 11.1. The fraction of sp³-hybridized carbons (Fsp3) is 0.440. The fourth-order valence-electron chi connectivity index (χ4n) is 5.10. The van der Waals surface area contributed by atoms with Crippen LogP contribution in [-0.2, 0) is 11.3 Å². The molecule has 1 aliphatic carbocycles. The van der Waals surface area contributed by atoms with Gasteiger partial charge in [-0.1, -0.05) is 51.0 Å². The van der Waals surface area contributed by atoms with Gasteiger partial charge in [0.15, 0.2) is 11.5 Å². The van der Waals surface area contributed by atoms with Gasteiger partial charge in [-0.15, -0.1) is 0 Å². The van der Waals surface area contributed by atoms with Gasteiger partial charge in [-0.3, -0.25) is 9.59 Å². The summed E-state index contributed by atoms with van der Waals surface area (Å²) in [4.78, 5) is 28.4. The van der Waals surface area contributed by atoms with E-state index in [1.54, 1.807) is 4.90 Å². The SMILES string of the molecule is CC1CCCC(NC(=O)C2c3ccccc3C(=O)N2Cc2ccc3c(c2)OCO3)C1C. The van der Waals surface area contributed by atoms with Crippen molar-refractivity contribution in [1.82, 2.24) is 10.2 Å². The molecule has 2 aliphatic heterocycles. The first-order valence-electron chi connectivity index (χ1n) is 11.1. The molecule has 6 nitrogen and oxygen atoms in total. The van der Waals surface area contributed by atoms with Crippen molar-refractivity contribution in [1.29, 1.82) is 0 Å². The van der Waals surface area contributed by atoms with E-state index >= 15 is 0 Å². The van der Waals surface area contributed by atoms with Gasteiger partial charge >= 0.3 is 0 Å². The Balaban J connectivity index is 1.42. The number of hydrogen-bond acceptors (Lipinski definition) is 4. The smallest absolute Gasteiger partial charge is 0.255 e. The average Bonchev–Trinajstić information content (AvgIpc) is 3.34. The molecule has 1 saturated carbocycles. The summed E-state index contributed by atoms with van der Waals surface area (Å²) in [5.41, 5.74) is 2.29. The lowest BCUT2D eigenvalue weighted by Crippen LogP contribution is -2.48. The lowest BCUT2D eigenvalue weighted by atomic mass is 9.78. The second kappa shape index (κ2) is 7.91. The van der Waals surface area contributed by atoms with Crippen LogP contribution in [-0.4, -0.2) is 29.5 Å². The van der Waals surface area contributed by atoms with E-state index in [2.05, 4.69) is 19.2 Å². The molecule has 5 rings (SSSR count). The van der Waals surface area contributed by atoms with Gasteiger partial charge < -0.3 is 19.7 Å². The quantitative estimate of drug-likeness (QED) is 0.810. The van der Waals surface area contributed by atoms with E-state index in [0.717, 1.165) is 24.0 Å². The van der Waals surface area contributed by atoms with E-state index in [1.807, 2.05) is 42.5 Å². The predicted molar refractivity (Wildman–Crippen MR) is 116 cm³/mol. The van der Waals surface area contributed by atoms with Crippen molar-refractivity contribution in [2.45, 2.75) is 51.7 Å². The molecule has 2 aromatic rings. The van der Waals surface area contributed by atoms with E-state index < -0.39 is 6.04 Å². The predicted octanol–water partition coefficient (Wildman–Crippen LogP) is 4.05. The monoisotopic (exact) mass is 420 g/mol. The average molecular weight is 421 g/mol. The molecular formula is C25H28N2O4. The minimum Gasteiger partial charge on any atom is -0.454 e. The van der Waals surface area contributed by atoms with Crippen LogP contribution >= 0.6 is 0 Å². The van der Waals surface area contributed by atoms with Crippen LogP contribution in [0.15, 0.2) is 42.5 Å². The zero-order chi connectivity index (χ0) is 21.5. The van der Waals surface area contributed by atoms with Crippen LogP contribution in [0.5, 0.6) is 11.5 Å². The van der Waals surface area contributed by atoms with Crippen LogP contribution in [0, 0.1) is 11.8 Å². The van der Waals surface area contributed by atoms with Gasteiger partial charge in [-0.25, -0.2) is 0 Å². The third-order valence-electron chi connectivity index (χ3n) is 7.13. The zero-order valence-electron chi connectivity index (χ0n) is 18.0. The van der Waals surface area contributed by atoms with Crippen LogP contribution in [0.1, 0.15) is 60.6 Å². The third kappa shape index (κ3) is 3.54. The summed E-state index contributed by atoms with van der Waals surface area (Å²) in [7, 11) is 0. The third-order valence-corrected chi connectivity index (χ3v) is 7.13. The number of nitrogens with zero attached hydrogens (tertiary/aromatic N) is 1. The summed E-state index contributed by atoms with van der Waals surface area (Å²) in [6, 6.07) is 12.6. The Hall–Kier alpha value is -3.02. The number of rotatable bonds is 4. The Kier molecular flexibility index (Phi) is 5.08. The molecule has 4 atom stereocenters. The van der Waals surface area contributed by atoms with E-state index in [-0.39, 0.29) is 24.6 Å². The maximum atomic E-state index is 13.5. The molecule has 0 radical (unpaired) electrons. The van der Waals surface area contributed by atoms with Crippen molar-refractivity contribution in [3.8, 4) is 11.5 Å². The highest BCUT2D eigenvalue weighted by atomic mass is 16.7. The number of carbonyl (C=O) groups excluding carboxylic acids is 2. The molecule has 6 heteroatoms. The largest absolute Gasteiger partial charge is 0.454 e. The van der Waals surface area contributed by atoms with Crippen LogP contribution in [0.4, 0.5) is 0 Å². The van der Waals surface area contributed by atoms with Gasteiger partial charge in [0.2, 0.25) is 12.7 Å². The number of nitrogens with one attached hydrogen (secondary N) is 1. The molecule has 0 aromatic heterocycles. The number of ether oxygens (including phenoxy) is 2. The molecule has 2 aromatic carbocycles. The lowest BCUT2D eigenvalue weighted by molar-refractivity contribution is -0.127. The Morgan fingerprint density at radius 3 is 2.77 bits per heavy atom. The molecule has 0 saturated heterocycles. The van der Waals surface area contributed by atoms with E-state index in [4.69, 9.17) is 9.47 Å². The van der Waals surface area contributed by atoms with Gasteiger partial charge in [-0.05, 0) is 47.6 Å². The van der Waals surface area contributed by atoms with Crippen molar-refractivity contribution in [2.75, 3.05) is 6.79 Å². The van der Waals surface area contributed by atoms with Crippen LogP contribution < -0.4 is 14.8 Å². The van der Waals surface area contributed by atoms with Gasteiger partial charge in [0.1, 0.15) is 6.04 Å². The van der Waals surface area contributed by atoms with Gasteiger partial charge in [0.05, 0.1) is 0 Å². The molecule has 162 valence electrons. The summed E-state index contributed by atoms with van der Waals surface area (Å²) >= 11 is 0. The highest BCUT2D eigenvalue weighted by molar-refractivity contribution is 6.04. The summed E-state index contributed by atoms with van der Waals surface area (Å²) < 4.78 is 10.9. The van der Waals surface area contributed by atoms with Crippen LogP contribution in [0.3, 0.4) is 0 Å². The molecule has 2 heterocycles. The zero-order valence-corrected chi connectivity index (χ0v) is 18.0. The minimum atomic E-state index is -0.626. The number of hydrogen-bond donors (Lipinski definition) is 1. The van der Waals surface area contributed by atoms with E-state index in [1.165, 1.54) is 6.42 Å². The lowest BCUT2D eigenvalue weighted by Gasteiger charge is -2.36. The molecule has 0 bridgehead atoms. The Morgan fingerprint density at radius 1 is 1.10 bits per heavy atom. The summed E-state index contributed by atoms with van der Waals surface area (Å²) in [5, 5.41) is 3.28. The first-order chi connectivity index (χ1) is 15.0. The maximum Gasteiger partial charge on any atom is 0.255 e. The van der Waals surface area contributed by atoms with Crippen molar-refractivity contribution in [3.63, 3.8) is 0 Å². The van der Waals surface area contributed by atoms with Crippen molar-refractivity contribution < 1.29 is 19.1 Å². The molecule has 31 heavy (non-hydrogen) atoms. The molecule has 1 fully saturated rings. The standard InChI is InChI=1S/C25H28N2O4/c1-15-6-5-9-20(16(15)2)26-24(28)23-18-7-3-4-8-19(18)25(29)27(23)13-17-10-11-21-22(12-17)31-14-30-21/h3-4,7-8,10-12,15-16,20,23H,5-6,9,13-14H2,1-2H3,(H,26,28). The summed E-state index contributed by atoms with van der Waals surface area (Å²) in [6.07, 6.45) is 3.31. The number of fused-ring (bicyclic) bond motifs is 2. The van der Waals surface area contributed by atoms with E-state index in [9.17, 15) is 9.59 Å². The van der Waals surface area contributed by atoms with Gasteiger partial charge in [-0.2, -0.15) is 0 Å². The molecule has 0 spiro atoms.